The molecule has 2 unspecified atom stereocenters. The lowest BCUT2D eigenvalue weighted by atomic mass is 10.0. The quantitative estimate of drug-likeness (QED) is 0.843. The predicted molar refractivity (Wildman–Crippen MR) is 83.1 cm³/mol. The van der Waals surface area contributed by atoms with Crippen molar-refractivity contribution >= 4 is 22.9 Å². The Morgan fingerprint density at radius 3 is 2.81 bits per heavy atom. The molecule has 5 heteroatoms. The van der Waals surface area contributed by atoms with Gasteiger partial charge in [-0.15, -0.1) is 11.3 Å². The zero-order valence-electron chi connectivity index (χ0n) is 11.6. The number of fused-ring (bicyclic) bond motifs is 1. The van der Waals surface area contributed by atoms with Gasteiger partial charge in [-0.05, 0) is 49.9 Å². The van der Waals surface area contributed by atoms with Crippen molar-refractivity contribution in [3.05, 3.63) is 56.2 Å². The molecule has 0 radical (unpaired) electrons. The van der Waals surface area contributed by atoms with Gasteiger partial charge in [0.05, 0.1) is 4.34 Å². The summed E-state index contributed by atoms with van der Waals surface area (Å²) in [5.41, 5.74) is 1.39. The Hall–Kier alpha value is -0.970. The average Bonchev–Trinajstić information content (AvgIpc) is 2.95. The summed E-state index contributed by atoms with van der Waals surface area (Å²) in [6.07, 6.45) is 2.37. The molecule has 112 valence electrons. The number of hydrogen-bond donors (Lipinski definition) is 1. The van der Waals surface area contributed by atoms with Crippen LogP contribution in [-0.4, -0.2) is 6.04 Å². The molecule has 1 aliphatic rings. The fourth-order valence-electron chi connectivity index (χ4n) is 2.94. The van der Waals surface area contributed by atoms with Crippen molar-refractivity contribution in [3.8, 4) is 0 Å². The lowest BCUT2D eigenvalue weighted by molar-refractivity contribution is 0.437. The number of aryl methyl sites for hydroxylation is 1. The van der Waals surface area contributed by atoms with E-state index in [-0.39, 0.29) is 17.6 Å². The monoisotopic (exact) mass is 327 g/mol. The highest BCUT2D eigenvalue weighted by Crippen LogP contribution is 2.39. The Morgan fingerprint density at radius 2 is 2.10 bits per heavy atom. The molecule has 0 spiro atoms. The van der Waals surface area contributed by atoms with Crippen LogP contribution in [0.15, 0.2) is 24.3 Å². The second kappa shape index (κ2) is 6.03. The fraction of sp³-hybridized carbons (Fsp3) is 0.375. The lowest BCUT2D eigenvalue weighted by Gasteiger charge is -2.20. The van der Waals surface area contributed by atoms with Crippen LogP contribution in [-0.2, 0) is 12.8 Å². The first-order valence-corrected chi connectivity index (χ1v) is 8.21. The zero-order valence-corrected chi connectivity index (χ0v) is 13.2. The maximum Gasteiger partial charge on any atom is 0.129 e. The van der Waals surface area contributed by atoms with Crippen LogP contribution in [0, 0.1) is 11.6 Å². The van der Waals surface area contributed by atoms with E-state index in [0.29, 0.717) is 6.42 Å². The van der Waals surface area contributed by atoms with E-state index in [1.165, 1.54) is 28.6 Å². The smallest absolute Gasteiger partial charge is 0.129 e. The molecule has 1 N–H and O–H groups in total. The summed E-state index contributed by atoms with van der Waals surface area (Å²) in [6, 6.07) is 6.22. The highest BCUT2D eigenvalue weighted by molar-refractivity contribution is 7.16. The van der Waals surface area contributed by atoms with Gasteiger partial charge in [-0.2, -0.15) is 0 Å². The van der Waals surface area contributed by atoms with Gasteiger partial charge < -0.3 is 5.32 Å². The molecule has 0 saturated heterocycles. The molecule has 0 saturated carbocycles. The number of benzene rings is 1. The van der Waals surface area contributed by atoms with E-state index in [1.807, 2.05) is 13.0 Å². The van der Waals surface area contributed by atoms with Crippen molar-refractivity contribution in [1.82, 2.24) is 5.32 Å². The summed E-state index contributed by atoms with van der Waals surface area (Å²) in [6.45, 7) is 1.96. The minimum atomic E-state index is -0.477. The van der Waals surface area contributed by atoms with Crippen LogP contribution in [0.25, 0.3) is 0 Å². The zero-order chi connectivity index (χ0) is 15.0. The SMILES string of the molecule is CC(Cc1c(F)cccc1F)NC1CCc2sc(Cl)cc21. The van der Waals surface area contributed by atoms with Crippen molar-refractivity contribution in [2.75, 3.05) is 0 Å². The van der Waals surface area contributed by atoms with E-state index >= 15 is 0 Å². The highest BCUT2D eigenvalue weighted by atomic mass is 35.5. The van der Waals surface area contributed by atoms with E-state index < -0.39 is 11.6 Å². The molecular weight excluding hydrogens is 312 g/mol. The molecule has 1 aromatic carbocycles. The van der Waals surface area contributed by atoms with E-state index in [9.17, 15) is 8.78 Å². The van der Waals surface area contributed by atoms with Crippen molar-refractivity contribution in [2.45, 2.75) is 38.3 Å². The summed E-state index contributed by atoms with van der Waals surface area (Å²) < 4.78 is 28.2. The Kier molecular flexibility index (Phi) is 4.29. The molecule has 0 fully saturated rings. The van der Waals surface area contributed by atoms with Gasteiger partial charge in [0, 0.05) is 22.5 Å². The molecule has 0 aliphatic heterocycles. The molecular formula is C16H16ClF2NS. The molecule has 1 nitrogen and oxygen atoms in total. The van der Waals surface area contributed by atoms with Gasteiger partial charge in [-0.1, -0.05) is 17.7 Å². The lowest BCUT2D eigenvalue weighted by Crippen LogP contribution is -2.31. The Balaban J connectivity index is 1.69. The van der Waals surface area contributed by atoms with Crippen molar-refractivity contribution in [3.63, 3.8) is 0 Å². The van der Waals surface area contributed by atoms with E-state index in [2.05, 4.69) is 5.32 Å². The summed E-state index contributed by atoms with van der Waals surface area (Å²) in [7, 11) is 0. The van der Waals surface area contributed by atoms with Gasteiger partial charge in [-0.25, -0.2) is 8.78 Å². The third-order valence-corrected chi connectivity index (χ3v) is 5.24. The molecule has 1 heterocycles. The van der Waals surface area contributed by atoms with Crippen LogP contribution in [0.4, 0.5) is 8.78 Å². The normalized spacial score (nSPS) is 18.8. The van der Waals surface area contributed by atoms with Gasteiger partial charge in [0.2, 0.25) is 0 Å². The van der Waals surface area contributed by atoms with Crippen molar-refractivity contribution in [1.29, 1.82) is 0 Å². The van der Waals surface area contributed by atoms with Gasteiger partial charge in [-0.3, -0.25) is 0 Å². The number of halogens is 3. The Labute approximate surface area is 131 Å². The molecule has 0 amide bonds. The maximum atomic E-state index is 13.7. The minimum Gasteiger partial charge on any atom is -0.307 e. The third kappa shape index (κ3) is 3.12. The van der Waals surface area contributed by atoms with Crippen LogP contribution in [0.1, 0.15) is 35.4 Å². The number of rotatable bonds is 4. The van der Waals surface area contributed by atoms with E-state index in [0.717, 1.165) is 17.2 Å². The molecule has 3 rings (SSSR count). The van der Waals surface area contributed by atoms with Gasteiger partial charge in [0.1, 0.15) is 11.6 Å². The minimum absolute atomic E-state index is 0.00831. The summed E-state index contributed by atoms with van der Waals surface area (Å²) in [5, 5.41) is 3.47. The van der Waals surface area contributed by atoms with Gasteiger partial charge in [0.25, 0.3) is 0 Å². The molecule has 1 aliphatic carbocycles. The molecule has 1 aromatic heterocycles. The second-order valence-electron chi connectivity index (χ2n) is 5.49. The van der Waals surface area contributed by atoms with E-state index in [1.54, 1.807) is 11.3 Å². The van der Waals surface area contributed by atoms with Gasteiger partial charge in [0.15, 0.2) is 0 Å². The molecule has 0 bridgehead atoms. The first kappa shape index (κ1) is 14.9. The third-order valence-electron chi connectivity index (χ3n) is 3.90. The Morgan fingerprint density at radius 1 is 1.38 bits per heavy atom. The van der Waals surface area contributed by atoms with Crippen LogP contribution < -0.4 is 5.32 Å². The molecule has 2 atom stereocenters. The summed E-state index contributed by atoms with van der Waals surface area (Å²) in [5.74, 6) is -0.955. The first-order chi connectivity index (χ1) is 10.0. The Bertz CT molecular complexity index is 635. The average molecular weight is 328 g/mol. The highest BCUT2D eigenvalue weighted by Gasteiger charge is 2.26. The molecule has 21 heavy (non-hydrogen) atoms. The summed E-state index contributed by atoms with van der Waals surface area (Å²) >= 11 is 7.67. The van der Waals surface area contributed by atoms with Gasteiger partial charge >= 0.3 is 0 Å². The van der Waals surface area contributed by atoms with E-state index in [4.69, 9.17) is 11.6 Å². The van der Waals surface area contributed by atoms with Crippen LogP contribution >= 0.6 is 22.9 Å². The summed E-state index contributed by atoms with van der Waals surface area (Å²) in [4.78, 5) is 1.32. The largest absolute Gasteiger partial charge is 0.307 e. The maximum absolute atomic E-state index is 13.7. The topological polar surface area (TPSA) is 12.0 Å². The number of thiophene rings is 1. The molecule has 2 aromatic rings. The van der Waals surface area contributed by atoms with Crippen molar-refractivity contribution < 1.29 is 8.78 Å². The second-order valence-corrected chi connectivity index (χ2v) is 7.26. The number of hydrogen-bond acceptors (Lipinski definition) is 2. The fourth-order valence-corrected chi connectivity index (χ4v) is 4.30. The van der Waals surface area contributed by atoms with Crippen LogP contribution in [0.3, 0.4) is 0 Å². The first-order valence-electron chi connectivity index (χ1n) is 7.01. The standard InChI is InChI=1S/C16H16ClF2NS/c1-9(7-10-12(18)3-2-4-13(10)19)20-14-5-6-15-11(14)8-16(17)21-15/h2-4,8-9,14,20H,5-7H2,1H3. The van der Waals surface area contributed by atoms with Crippen LogP contribution in [0.2, 0.25) is 4.34 Å². The number of nitrogens with one attached hydrogen (secondary N) is 1. The predicted octanol–water partition coefficient (Wildman–Crippen LogP) is 4.89. The van der Waals surface area contributed by atoms with Crippen LogP contribution in [0.5, 0.6) is 0 Å². The van der Waals surface area contributed by atoms with Crippen molar-refractivity contribution in [2.24, 2.45) is 0 Å².